The largest absolute Gasteiger partial charge is 0.365 e. The lowest BCUT2D eigenvalue weighted by Crippen LogP contribution is -2.51. The second-order valence-electron chi connectivity index (χ2n) is 10.6. The van der Waals surface area contributed by atoms with Gasteiger partial charge in [-0.25, -0.2) is 8.42 Å². The number of sulfone groups is 1. The molecule has 1 amide bonds. The van der Waals surface area contributed by atoms with E-state index in [0.717, 1.165) is 54.5 Å². The highest BCUT2D eigenvalue weighted by atomic mass is 32.2. The van der Waals surface area contributed by atoms with E-state index in [-0.39, 0.29) is 16.7 Å². The number of nitrogens with one attached hydrogen (secondary N) is 1. The molecule has 1 atom stereocenters. The fourth-order valence-corrected chi connectivity index (χ4v) is 6.15. The first-order valence-electron chi connectivity index (χ1n) is 13.5. The zero-order valence-electron chi connectivity index (χ0n) is 24.3. The van der Waals surface area contributed by atoms with Crippen molar-refractivity contribution in [3.63, 3.8) is 0 Å². The summed E-state index contributed by atoms with van der Waals surface area (Å²) >= 11 is 0. The fourth-order valence-electron chi connectivity index (χ4n) is 5.30. The Hall–Kier alpha value is -3.79. The van der Waals surface area contributed by atoms with E-state index in [2.05, 4.69) is 39.1 Å². The summed E-state index contributed by atoms with van der Waals surface area (Å²) in [7, 11) is 0.348. The van der Waals surface area contributed by atoms with Gasteiger partial charge < -0.3 is 20.0 Å². The number of aryl methyl sites for hydroxylation is 2. The van der Waals surface area contributed by atoms with Crippen LogP contribution in [0.1, 0.15) is 26.0 Å². The molecule has 214 valence electrons. The van der Waals surface area contributed by atoms with Crippen LogP contribution in [0.3, 0.4) is 0 Å². The molecule has 0 aliphatic carbocycles. The molecule has 1 N–H and O–H groups in total. The molecule has 2 aliphatic rings. The number of carbonyl (C=O) groups is 1. The Labute approximate surface area is 238 Å². The van der Waals surface area contributed by atoms with Crippen molar-refractivity contribution in [1.29, 1.82) is 0 Å². The number of hydrogen-bond donors (Lipinski definition) is 1. The monoisotopic (exact) mass is 564 g/mol. The molecule has 2 aliphatic heterocycles. The van der Waals surface area contributed by atoms with Gasteiger partial charge in [0.1, 0.15) is 5.82 Å². The Bertz CT molecular complexity index is 1490. The number of benzene rings is 1. The molecule has 0 bridgehead atoms. The zero-order valence-corrected chi connectivity index (χ0v) is 25.1. The number of piperazine rings is 1. The second kappa shape index (κ2) is 11.8. The molecule has 0 saturated carbocycles. The third-order valence-electron chi connectivity index (χ3n) is 7.54. The van der Waals surface area contributed by atoms with E-state index >= 15 is 0 Å². The molecule has 3 heterocycles. The Morgan fingerprint density at radius 3 is 2.40 bits per heavy atom. The number of carbonyl (C=O) groups excluding carboxylic acids is 1. The van der Waals surface area contributed by atoms with Crippen LogP contribution in [0.25, 0.3) is 0 Å². The Kier molecular flexibility index (Phi) is 8.58. The minimum Gasteiger partial charge on any atom is -0.365 e. The van der Waals surface area contributed by atoms with Gasteiger partial charge in [-0.1, -0.05) is 30.4 Å². The highest BCUT2D eigenvalue weighted by molar-refractivity contribution is 7.90. The Morgan fingerprint density at radius 2 is 1.80 bits per heavy atom. The van der Waals surface area contributed by atoms with Crippen molar-refractivity contribution in [3.05, 3.63) is 83.6 Å². The molecule has 1 fully saturated rings. The molecular weight excluding hydrogens is 524 g/mol. The van der Waals surface area contributed by atoms with Gasteiger partial charge in [0.15, 0.2) is 9.84 Å². The van der Waals surface area contributed by atoms with E-state index in [1.54, 1.807) is 29.2 Å². The van der Waals surface area contributed by atoms with Gasteiger partial charge in [0.2, 0.25) is 5.91 Å². The topological polar surface area (TPSA) is 90.8 Å². The van der Waals surface area contributed by atoms with E-state index in [0.29, 0.717) is 17.8 Å². The van der Waals surface area contributed by atoms with Gasteiger partial charge in [-0.15, -0.1) is 0 Å². The Morgan fingerprint density at radius 1 is 1.15 bits per heavy atom. The molecule has 4 rings (SSSR count). The van der Waals surface area contributed by atoms with Gasteiger partial charge in [0.05, 0.1) is 27.9 Å². The van der Waals surface area contributed by atoms with Crippen molar-refractivity contribution in [2.24, 2.45) is 13.0 Å². The van der Waals surface area contributed by atoms with E-state index < -0.39 is 9.84 Å². The molecule has 1 unspecified atom stereocenters. The van der Waals surface area contributed by atoms with Crippen LogP contribution in [-0.4, -0.2) is 73.4 Å². The van der Waals surface area contributed by atoms with Crippen LogP contribution >= 0.6 is 0 Å². The van der Waals surface area contributed by atoms with E-state index in [1.165, 1.54) is 6.26 Å². The quantitative estimate of drug-likeness (QED) is 0.483. The normalized spacial score (nSPS) is 19.8. The van der Waals surface area contributed by atoms with Crippen molar-refractivity contribution >= 4 is 27.1 Å². The maximum absolute atomic E-state index is 13.7. The number of nitrogens with zero attached hydrogens (tertiary/aromatic N) is 5. The van der Waals surface area contributed by atoms with Gasteiger partial charge in [-0.05, 0) is 57.0 Å². The van der Waals surface area contributed by atoms with Crippen molar-refractivity contribution < 1.29 is 13.2 Å². The number of aromatic nitrogens is 2. The van der Waals surface area contributed by atoms with Crippen LogP contribution in [0.2, 0.25) is 0 Å². The SMILES string of the molecule is C=C(/C=C1\C=C(N2CCN(c3cn(C)nc3C)CC2)N(C)C(=O)C1C/C(C)=C\C)Nc1ccccc1S(C)(=O)=O. The number of amides is 1. The molecule has 10 heteroatoms. The predicted octanol–water partition coefficient (Wildman–Crippen LogP) is 4.09. The molecule has 1 aromatic heterocycles. The number of hydrogen-bond acceptors (Lipinski definition) is 7. The number of anilines is 2. The summed E-state index contributed by atoms with van der Waals surface area (Å²) in [4.78, 5) is 20.3. The summed E-state index contributed by atoms with van der Waals surface area (Å²) in [6, 6.07) is 6.75. The van der Waals surface area contributed by atoms with Gasteiger partial charge in [-0.3, -0.25) is 9.48 Å². The maximum Gasteiger partial charge on any atom is 0.235 e. The van der Waals surface area contributed by atoms with Crippen LogP contribution < -0.4 is 10.2 Å². The zero-order chi connectivity index (χ0) is 29.2. The lowest BCUT2D eigenvalue weighted by Gasteiger charge is -2.43. The first-order valence-corrected chi connectivity index (χ1v) is 15.4. The molecule has 1 saturated heterocycles. The third-order valence-corrected chi connectivity index (χ3v) is 8.70. The first-order chi connectivity index (χ1) is 18.9. The average Bonchev–Trinajstić information content (AvgIpc) is 3.25. The van der Waals surface area contributed by atoms with Crippen LogP contribution in [0, 0.1) is 12.8 Å². The van der Waals surface area contributed by atoms with Crippen LogP contribution in [0.4, 0.5) is 11.4 Å². The lowest BCUT2D eigenvalue weighted by molar-refractivity contribution is -0.132. The van der Waals surface area contributed by atoms with E-state index in [9.17, 15) is 13.2 Å². The van der Waals surface area contributed by atoms with Crippen molar-refractivity contribution in [2.75, 3.05) is 49.7 Å². The Balaban J connectivity index is 1.62. The number of allylic oxidation sites excluding steroid dienone is 4. The van der Waals surface area contributed by atoms with Crippen molar-refractivity contribution in [1.82, 2.24) is 19.6 Å². The van der Waals surface area contributed by atoms with E-state index in [4.69, 9.17) is 0 Å². The molecular formula is C30H40N6O3S. The fraction of sp³-hybridized carbons (Fsp3) is 0.400. The summed E-state index contributed by atoms with van der Waals surface area (Å²) in [6.07, 6.45) is 9.80. The third kappa shape index (κ3) is 6.33. The molecule has 1 aromatic carbocycles. The molecule has 0 radical (unpaired) electrons. The standard InChI is InChI=1S/C30H40N6O3S/c1-8-21(2)17-25-24(18-22(3)31-26-11-9-10-12-28(26)40(7,38)39)19-29(34(6)30(25)37)36-15-13-35(14-16-36)27-20-33(5)32-23(27)4/h8-12,18-20,25,31H,3,13-17H2,1-2,4-7H3/b21-8-,24-18+. The van der Waals surface area contributed by atoms with Crippen LogP contribution in [-0.2, 0) is 21.7 Å². The second-order valence-corrected chi connectivity index (χ2v) is 12.6. The van der Waals surface area contributed by atoms with Gasteiger partial charge in [-0.2, -0.15) is 5.10 Å². The smallest absolute Gasteiger partial charge is 0.235 e. The van der Waals surface area contributed by atoms with Gasteiger partial charge in [0, 0.05) is 58.4 Å². The highest BCUT2D eigenvalue weighted by Gasteiger charge is 2.35. The lowest BCUT2D eigenvalue weighted by atomic mass is 9.87. The summed E-state index contributed by atoms with van der Waals surface area (Å²) in [6.45, 7) is 13.4. The van der Waals surface area contributed by atoms with Crippen molar-refractivity contribution in [3.8, 4) is 0 Å². The number of rotatable bonds is 8. The van der Waals surface area contributed by atoms with Crippen LogP contribution in [0.5, 0.6) is 0 Å². The maximum atomic E-state index is 13.7. The molecule has 2 aromatic rings. The highest BCUT2D eigenvalue weighted by Crippen LogP contribution is 2.33. The van der Waals surface area contributed by atoms with E-state index in [1.807, 2.05) is 51.7 Å². The molecule has 9 nitrogen and oxygen atoms in total. The van der Waals surface area contributed by atoms with Crippen molar-refractivity contribution in [2.45, 2.75) is 32.1 Å². The minimum absolute atomic E-state index is 0.0276. The minimum atomic E-state index is -3.43. The number of para-hydroxylation sites is 1. The molecule has 0 spiro atoms. The van der Waals surface area contributed by atoms with Gasteiger partial charge in [0.25, 0.3) is 0 Å². The predicted molar refractivity (Wildman–Crippen MR) is 161 cm³/mol. The average molecular weight is 565 g/mol. The van der Waals surface area contributed by atoms with Crippen LogP contribution in [0.15, 0.2) is 82.8 Å². The van der Waals surface area contributed by atoms with Gasteiger partial charge >= 0.3 is 0 Å². The summed E-state index contributed by atoms with van der Waals surface area (Å²) in [5.41, 5.74) is 5.09. The molecule has 40 heavy (non-hydrogen) atoms. The summed E-state index contributed by atoms with van der Waals surface area (Å²) < 4.78 is 26.4. The summed E-state index contributed by atoms with van der Waals surface area (Å²) in [5, 5.41) is 7.64. The summed E-state index contributed by atoms with van der Waals surface area (Å²) in [5.74, 6) is 0.519. The first kappa shape index (κ1) is 29.2.